The van der Waals surface area contributed by atoms with Gasteiger partial charge in [-0.05, 0) is 17.7 Å². The molecule has 1 atom stereocenters. The van der Waals surface area contributed by atoms with Crippen LogP contribution < -0.4 is 5.73 Å². The van der Waals surface area contributed by atoms with Crippen LogP contribution >= 0.6 is 11.6 Å². The summed E-state index contributed by atoms with van der Waals surface area (Å²) in [7, 11) is 0. The maximum atomic E-state index is 12.6. The maximum Gasteiger partial charge on any atom is 0.250 e. The fourth-order valence-electron chi connectivity index (χ4n) is 0.847. The van der Waals surface area contributed by atoms with Gasteiger partial charge >= 0.3 is 0 Å². The number of carbonyl (C=O) groups excluding carboxylic acids is 1. The van der Waals surface area contributed by atoms with Gasteiger partial charge in [-0.3, -0.25) is 4.79 Å². The fourth-order valence-corrected chi connectivity index (χ4v) is 1.04. The van der Waals surface area contributed by atoms with E-state index in [1.807, 2.05) is 0 Å². The summed E-state index contributed by atoms with van der Waals surface area (Å²) < 4.78 is 12.6. The lowest BCUT2D eigenvalue weighted by Gasteiger charge is -2.06. The van der Waals surface area contributed by atoms with Crippen LogP contribution in [0.1, 0.15) is 11.7 Å². The number of aliphatic hydroxyl groups excluding tert-OH is 1. The van der Waals surface area contributed by atoms with Crippen molar-refractivity contribution in [3.05, 3.63) is 34.6 Å². The summed E-state index contributed by atoms with van der Waals surface area (Å²) in [6.45, 7) is 0. The second kappa shape index (κ2) is 3.72. The highest BCUT2D eigenvalue weighted by Gasteiger charge is 2.14. The molecule has 0 radical (unpaired) electrons. The van der Waals surface area contributed by atoms with Crippen molar-refractivity contribution in [2.75, 3.05) is 0 Å². The first-order valence-corrected chi connectivity index (χ1v) is 3.82. The molecule has 1 unspecified atom stereocenters. The highest BCUT2D eigenvalue weighted by Crippen LogP contribution is 2.20. The lowest BCUT2D eigenvalue weighted by Crippen LogP contribution is -2.20. The Morgan fingerprint density at radius 1 is 1.62 bits per heavy atom. The summed E-state index contributed by atoms with van der Waals surface area (Å²) in [5, 5.41) is 9.00. The summed E-state index contributed by atoms with van der Waals surface area (Å²) in [6.07, 6.45) is -1.45. The van der Waals surface area contributed by atoms with Gasteiger partial charge in [0.25, 0.3) is 5.91 Å². The van der Waals surface area contributed by atoms with Gasteiger partial charge < -0.3 is 10.8 Å². The predicted octanol–water partition coefficient (Wildman–Crippen LogP) is 0.998. The number of benzene rings is 1. The number of amides is 1. The molecule has 70 valence electrons. The molecule has 0 aromatic heterocycles. The molecule has 1 rings (SSSR count). The first-order chi connectivity index (χ1) is 6.02. The van der Waals surface area contributed by atoms with E-state index in [0.29, 0.717) is 0 Å². The monoisotopic (exact) mass is 203 g/mol. The summed E-state index contributed by atoms with van der Waals surface area (Å²) in [4.78, 5) is 10.5. The second-order valence-electron chi connectivity index (χ2n) is 2.48. The summed E-state index contributed by atoms with van der Waals surface area (Å²) in [6, 6.07) is 3.47. The molecule has 0 heterocycles. The Morgan fingerprint density at radius 3 is 2.69 bits per heavy atom. The van der Waals surface area contributed by atoms with Crippen LogP contribution in [-0.4, -0.2) is 11.0 Å². The largest absolute Gasteiger partial charge is 0.378 e. The number of nitrogens with two attached hydrogens (primary N) is 1. The van der Waals surface area contributed by atoms with Crippen LogP contribution in [0, 0.1) is 5.82 Å². The van der Waals surface area contributed by atoms with Gasteiger partial charge in [0.1, 0.15) is 5.82 Å². The van der Waals surface area contributed by atoms with Crippen molar-refractivity contribution >= 4 is 17.5 Å². The van der Waals surface area contributed by atoms with E-state index in [0.717, 1.165) is 12.1 Å². The minimum Gasteiger partial charge on any atom is -0.378 e. The van der Waals surface area contributed by atoms with Gasteiger partial charge in [-0.25, -0.2) is 4.39 Å². The van der Waals surface area contributed by atoms with Gasteiger partial charge in [-0.15, -0.1) is 0 Å². The lowest BCUT2D eigenvalue weighted by molar-refractivity contribution is -0.126. The maximum absolute atomic E-state index is 12.6. The molecule has 1 amide bonds. The molecule has 0 saturated carbocycles. The molecular weight excluding hydrogens is 197 g/mol. The van der Waals surface area contributed by atoms with Crippen LogP contribution in [0.2, 0.25) is 5.02 Å². The number of halogens is 2. The SMILES string of the molecule is NC(=O)C(O)c1ccc(F)c(Cl)c1. The van der Waals surface area contributed by atoms with Crippen molar-refractivity contribution in [1.82, 2.24) is 0 Å². The van der Waals surface area contributed by atoms with Gasteiger partial charge in [0.05, 0.1) is 5.02 Å². The Kier molecular flexibility index (Phi) is 2.85. The van der Waals surface area contributed by atoms with E-state index in [9.17, 15) is 9.18 Å². The van der Waals surface area contributed by atoms with E-state index < -0.39 is 17.8 Å². The lowest BCUT2D eigenvalue weighted by atomic mass is 10.1. The van der Waals surface area contributed by atoms with Crippen molar-refractivity contribution in [2.24, 2.45) is 5.73 Å². The van der Waals surface area contributed by atoms with E-state index in [-0.39, 0.29) is 10.6 Å². The Morgan fingerprint density at radius 2 is 2.23 bits per heavy atom. The number of hydrogen-bond acceptors (Lipinski definition) is 2. The van der Waals surface area contributed by atoms with Crippen LogP contribution in [0.15, 0.2) is 18.2 Å². The van der Waals surface area contributed by atoms with Crippen LogP contribution in [0.4, 0.5) is 4.39 Å². The third-order valence-corrected chi connectivity index (χ3v) is 1.82. The summed E-state index contributed by atoms with van der Waals surface area (Å²) >= 11 is 5.42. The highest BCUT2D eigenvalue weighted by atomic mass is 35.5. The molecule has 1 aromatic rings. The molecule has 0 spiro atoms. The Hall–Kier alpha value is -1.13. The molecule has 0 aliphatic heterocycles. The zero-order valence-corrected chi connectivity index (χ0v) is 7.25. The quantitative estimate of drug-likeness (QED) is 0.753. The zero-order chi connectivity index (χ0) is 10.0. The van der Waals surface area contributed by atoms with Gasteiger partial charge in [-0.1, -0.05) is 17.7 Å². The molecule has 5 heteroatoms. The standard InChI is InChI=1S/C8H7ClFNO2/c9-5-3-4(1-2-6(5)10)7(12)8(11)13/h1-3,7,12H,(H2,11,13). The average molecular weight is 204 g/mol. The van der Waals surface area contributed by atoms with E-state index in [1.165, 1.54) is 6.07 Å². The first-order valence-electron chi connectivity index (χ1n) is 3.44. The van der Waals surface area contributed by atoms with Crippen LogP contribution in [0.5, 0.6) is 0 Å². The molecule has 0 saturated heterocycles. The molecule has 0 aliphatic carbocycles. The van der Waals surface area contributed by atoms with Crippen molar-refractivity contribution in [1.29, 1.82) is 0 Å². The van der Waals surface area contributed by atoms with E-state index >= 15 is 0 Å². The van der Waals surface area contributed by atoms with Gasteiger partial charge in [0, 0.05) is 0 Å². The normalized spacial score (nSPS) is 12.5. The van der Waals surface area contributed by atoms with Crippen molar-refractivity contribution in [2.45, 2.75) is 6.10 Å². The second-order valence-corrected chi connectivity index (χ2v) is 2.89. The Labute approximate surface area is 78.9 Å². The first kappa shape index (κ1) is 9.95. The predicted molar refractivity (Wildman–Crippen MR) is 45.6 cm³/mol. The van der Waals surface area contributed by atoms with E-state index in [2.05, 4.69) is 0 Å². The number of rotatable bonds is 2. The van der Waals surface area contributed by atoms with Crippen molar-refractivity contribution < 1.29 is 14.3 Å². The third kappa shape index (κ3) is 2.17. The van der Waals surface area contributed by atoms with Gasteiger partial charge in [0.15, 0.2) is 6.10 Å². The number of aliphatic hydroxyl groups is 1. The molecule has 0 bridgehead atoms. The summed E-state index contributed by atoms with van der Waals surface area (Å²) in [5.41, 5.74) is 5.01. The smallest absolute Gasteiger partial charge is 0.250 e. The average Bonchev–Trinajstić information content (AvgIpc) is 2.08. The van der Waals surface area contributed by atoms with E-state index in [1.54, 1.807) is 0 Å². The molecule has 0 fully saturated rings. The van der Waals surface area contributed by atoms with Crippen LogP contribution in [0.3, 0.4) is 0 Å². The highest BCUT2D eigenvalue weighted by molar-refractivity contribution is 6.30. The molecule has 3 N–H and O–H groups in total. The van der Waals surface area contributed by atoms with Crippen LogP contribution in [-0.2, 0) is 4.79 Å². The molecule has 13 heavy (non-hydrogen) atoms. The third-order valence-electron chi connectivity index (χ3n) is 1.53. The van der Waals surface area contributed by atoms with E-state index in [4.69, 9.17) is 22.4 Å². The Balaban J connectivity index is 3.03. The molecular formula is C8H7ClFNO2. The van der Waals surface area contributed by atoms with Crippen molar-refractivity contribution in [3.63, 3.8) is 0 Å². The minimum atomic E-state index is -1.45. The zero-order valence-electron chi connectivity index (χ0n) is 6.50. The minimum absolute atomic E-state index is 0.155. The fraction of sp³-hybridized carbons (Fsp3) is 0.125. The van der Waals surface area contributed by atoms with Crippen LogP contribution in [0.25, 0.3) is 0 Å². The Bertz CT molecular complexity index is 343. The van der Waals surface area contributed by atoms with Crippen molar-refractivity contribution in [3.8, 4) is 0 Å². The number of primary amides is 1. The summed E-state index contributed by atoms with van der Waals surface area (Å²) in [5.74, 6) is -1.51. The molecule has 0 aliphatic rings. The van der Waals surface area contributed by atoms with Gasteiger partial charge in [0.2, 0.25) is 0 Å². The number of hydrogen-bond donors (Lipinski definition) is 2. The topological polar surface area (TPSA) is 63.3 Å². The molecule has 3 nitrogen and oxygen atoms in total. The van der Waals surface area contributed by atoms with Gasteiger partial charge in [-0.2, -0.15) is 0 Å². The molecule has 1 aromatic carbocycles. The number of carbonyl (C=O) groups is 1.